The number of amides is 1. The number of carbonyl (C=O) groups excluding carboxylic acids is 1. The summed E-state index contributed by atoms with van der Waals surface area (Å²) >= 11 is 0. The standard InChI is InChI=1S/C21H26FN3O2.ClH/c1-24(14-16-5-3-8-19(11-16)27-2)21(26)15-25-10-9-23-13-20(25)17-6-4-7-18(22)12-17;/h3-8,11-12,20,23H,9-10,13-15H2,1-2H3;1H. The van der Waals surface area contributed by atoms with Gasteiger partial charge in [0.1, 0.15) is 11.6 Å². The van der Waals surface area contributed by atoms with Crippen LogP contribution in [0.4, 0.5) is 4.39 Å². The van der Waals surface area contributed by atoms with E-state index in [1.165, 1.54) is 6.07 Å². The molecule has 1 unspecified atom stereocenters. The lowest BCUT2D eigenvalue weighted by molar-refractivity contribution is -0.132. The number of piperazine rings is 1. The summed E-state index contributed by atoms with van der Waals surface area (Å²) < 4.78 is 18.9. The first-order valence-electron chi connectivity index (χ1n) is 9.14. The van der Waals surface area contributed by atoms with Crippen LogP contribution in [0.15, 0.2) is 48.5 Å². The van der Waals surface area contributed by atoms with Crippen molar-refractivity contribution in [1.82, 2.24) is 15.1 Å². The zero-order chi connectivity index (χ0) is 19.2. The Bertz CT molecular complexity index is 790. The first-order chi connectivity index (χ1) is 13.1. The second kappa shape index (κ2) is 10.4. The Hall–Kier alpha value is -2.15. The second-order valence-corrected chi connectivity index (χ2v) is 6.85. The molecule has 1 heterocycles. The minimum absolute atomic E-state index is 0. The van der Waals surface area contributed by atoms with Gasteiger partial charge in [-0.05, 0) is 35.4 Å². The highest BCUT2D eigenvalue weighted by atomic mass is 35.5. The number of benzene rings is 2. The van der Waals surface area contributed by atoms with Crippen molar-refractivity contribution in [3.63, 3.8) is 0 Å². The molecule has 7 heteroatoms. The molecule has 1 N–H and O–H groups in total. The number of nitrogens with one attached hydrogen (secondary N) is 1. The van der Waals surface area contributed by atoms with Crippen LogP contribution in [-0.2, 0) is 11.3 Å². The molecule has 152 valence electrons. The molecule has 0 spiro atoms. The third-order valence-corrected chi connectivity index (χ3v) is 4.91. The van der Waals surface area contributed by atoms with Gasteiger partial charge in [-0.15, -0.1) is 12.4 Å². The van der Waals surface area contributed by atoms with Gasteiger partial charge < -0.3 is 15.0 Å². The summed E-state index contributed by atoms with van der Waals surface area (Å²) in [6, 6.07) is 14.3. The van der Waals surface area contributed by atoms with Gasteiger partial charge in [-0.2, -0.15) is 0 Å². The minimum Gasteiger partial charge on any atom is -0.497 e. The van der Waals surface area contributed by atoms with E-state index in [0.29, 0.717) is 19.6 Å². The van der Waals surface area contributed by atoms with Crippen molar-refractivity contribution in [2.24, 2.45) is 0 Å². The molecule has 3 rings (SSSR count). The average molecular weight is 408 g/mol. The van der Waals surface area contributed by atoms with E-state index in [0.717, 1.165) is 30.0 Å². The van der Waals surface area contributed by atoms with E-state index in [2.05, 4.69) is 10.2 Å². The van der Waals surface area contributed by atoms with Crippen LogP contribution in [0, 0.1) is 5.82 Å². The molecule has 0 aromatic heterocycles. The fourth-order valence-corrected chi connectivity index (χ4v) is 3.41. The summed E-state index contributed by atoms with van der Waals surface area (Å²) in [5, 5.41) is 3.33. The third kappa shape index (κ3) is 5.67. The molecule has 5 nitrogen and oxygen atoms in total. The van der Waals surface area contributed by atoms with Crippen molar-refractivity contribution in [1.29, 1.82) is 0 Å². The highest BCUT2D eigenvalue weighted by molar-refractivity contribution is 5.85. The van der Waals surface area contributed by atoms with Crippen molar-refractivity contribution >= 4 is 18.3 Å². The molecule has 2 aromatic carbocycles. The molecule has 1 fully saturated rings. The third-order valence-electron chi connectivity index (χ3n) is 4.91. The second-order valence-electron chi connectivity index (χ2n) is 6.85. The summed E-state index contributed by atoms with van der Waals surface area (Å²) in [6.45, 7) is 3.10. The van der Waals surface area contributed by atoms with Gasteiger partial charge >= 0.3 is 0 Å². The number of carbonyl (C=O) groups is 1. The molecule has 1 atom stereocenters. The fraction of sp³-hybridized carbons (Fsp3) is 0.381. The van der Waals surface area contributed by atoms with Gasteiger partial charge in [0.2, 0.25) is 5.91 Å². The number of methoxy groups -OCH3 is 1. The lowest BCUT2D eigenvalue weighted by Gasteiger charge is -2.36. The van der Waals surface area contributed by atoms with E-state index in [-0.39, 0.29) is 30.2 Å². The van der Waals surface area contributed by atoms with Crippen LogP contribution >= 0.6 is 12.4 Å². The Morgan fingerprint density at radius 3 is 2.82 bits per heavy atom. The normalized spacial score (nSPS) is 16.9. The van der Waals surface area contributed by atoms with Crippen molar-refractivity contribution < 1.29 is 13.9 Å². The molecule has 2 aromatic rings. The average Bonchev–Trinajstić information content (AvgIpc) is 2.68. The van der Waals surface area contributed by atoms with Crippen LogP contribution in [0.25, 0.3) is 0 Å². The van der Waals surface area contributed by atoms with Gasteiger partial charge in [-0.25, -0.2) is 4.39 Å². The molecule has 28 heavy (non-hydrogen) atoms. The quantitative estimate of drug-likeness (QED) is 0.799. The zero-order valence-corrected chi connectivity index (χ0v) is 17.0. The van der Waals surface area contributed by atoms with E-state index >= 15 is 0 Å². The molecule has 1 saturated heterocycles. The Kier molecular flexibility index (Phi) is 8.23. The first kappa shape index (κ1) is 22.1. The molecule has 0 saturated carbocycles. The predicted molar refractivity (Wildman–Crippen MR) is 110 cm³/mol. The van der Waals surface area contributed by atoms with Crippen molar-refractivity contribution in [2.75, 3.05) is 40.3 Å². The van der Waals surface area contributed by atoms with Crippen LogP contribution in [0.5, 0.6) is 5.75 Å². The van der Waals surface area contributed by atoms with Crippen molar-refractivity contribution in [3.05, 3.63) is 65.5 Å². The zero-order valence-electron chi connectivity index (χ0n) is 16.2. The summed E-state index contributed by atoms with van der Waals surface area (Å²) in [4.78, 5) is 16.6. The van der Waals surface area contributed by atoms with Crippen LogP contribution in [-0.4, -0.2) is 56.0 Å². The number of likely N-dealkylation sites (N-methyl/N-ethyl adjacent to an activating group) is 1. The van der Waals surface area contributed by atoms with E-state index in [9.17, 15) is 9.18 Å². The molecule has 0 radical (unpaired) electrons. The maximum absolute atomic E-state index is 13.6. The SMILES string of the molecule is COc1cccc(CN(C)C(=O)CN2CCNCC2c2cccc(F)c2)c1.Cl. The van der Waals surface area contributed by atoms with E-state index in [4.69, 9.17) is 4.74 Å². The molecular weight excluding hydrogens is 381 g/mol. The van der Waals surface area contributed by atoms with E-state index in [1.54, 1.807) is 31.2 Å². The van der Waals surface area contributed by atoms with Gasteiger partial charge in [0.05, 0.1) is 13.7 Å². The van der Waals surface area contributed by atoms with Gasteiger partial charge in [-0.1, -0.05) is 24.3 Å². The van der Waals surface area contributed by atoms with Crippen LogP contribution in [0.2, 0.25) is 0 Å². The predicted octanol–water partition coefficient (Wildman–Crippen LogP) is 2.86. The smallest absolute Gasteiger partial charge is 0.236 e. The Balaban J connectivity index is 0.00000280. The first-order valence-corrected chi connectivity index (χ1v) is 9.14. The largest absolute Gasteiger partial charge is 0.497 e. The highest BCUT2D eigenvalue weighted by Crippen LogP contribution is 2.23. The number of ether oxygens (including phenoxy) is 1. The summed E-state index contributed by atoms with van der Waals surface area (Å²) in [5.74, 6) is 0.572. The fourth-order valence-electron chi connectivity index (χ4n) is 3.41. The molecule has 0 bridgehead atoms. The molecule has 1 aliphatic rings. The van der Waals surface area contributed by atoms with Gasteiger partial charge in [0.25, 0.3) is 0 Å². The number of nitrogens with zero attached hydrogens (tertiary/aromatic N) is 2. The molecule has 0 aliphatic carbocycles. The van der Waals surface area contributed by atoms with Crippen molar-refractivity contribution in [3.8, 4) is 5.75 Å². The summed E-state index contributed by atoms with van der Waals surface area (Å²) in [5.41, 5.74) is 1.91. The van der Waals surface area contributed by atoms with Gasteiger partial charge in [0, 0.05) is 39.3 Å². The lowest BCUT2D eigenvalue weighted by atomic mass is 10.0. The number of rotatable bonds is 6. The Labute approximate surface area is 171 Å². The topological polar surface area (TPSA) is 44.8 Å². The highest BCUT2D eigenvalue weighted by Gasteiger charge is 2.26. The van der Waals surface area contributed by atoms with E-state index in [1.807, 2.05) is 30.3 Å². The summed E-state index contributed by atoms with van der Waals surface area (Å²) in [6.07, 6.45) is 0. The lowest BCUT2D eigenvalue weighted by Crippen LogP contribution is -2.49. The molecule has 1 amide bonds. The van der Waals surface area contributed by atoms with Crippen LogP contribution in [0.1, 0.15) is 17.2 Å². The van der Waals surface area contributed by atoms with E-state index < -0.39 is 0 Å². The minimum atomic E-state index is -0.250. The molecule has 1 aliphatic heterocycles. The van der Waals surface area contributed by atoms with Crippen LogP contribution in [0.3, 0.4) is 0 Å². The van der Waals surface area contributed by atoms with Gasteiger partial charge in [-0.3, -0.25) is 9.69 Å². The maximum atomic E-state index is 13.6. The molecular formula is C21H27ClFN3O2. The number of hydrogen-bond donors (Lipinski definition) is 1. The van der Waals surface area contributed by atoms with Gasteiger partial charge in [0.15, 0.2) is 0 Å². The number of hydrogen-bond acceptors (Lipinski definition) is 4. The van der Waals surface area contributed by atoms with Crippen LogP contribution < -0.4 is 10.1 Å². The van der Waals surface area contributed by atoms with Crippen molar-refractivity contribution in [2.45, 2.75) is 12.6 Å². The Morgan fingerprint density at radius 2 is 2.07 bits per heavy atom. The maximum Gasteiger partial charge on any atom is 0.236 e. The monoisotopic (exact) mass is 407 g/mol. The summed E-state index contributed by atoms with van der Waals surface area (Å²) in [7, 11) is 3.44. The Morgan fingerprint density at radius 1 is 1.29 bits per heavy atom. The number of halogens is 2.